The first-order valence-electron chi connectivity index (χ1n) is 14.2. The molecule has 1 saturated heterocycles. The van der Waals surface area contributed by atoms with Crippen LogP contribution >= 0.6 is 0 Å². The van der Waals surface area contributed by atoms with Gasteiger partial charge < -0.3 is 19.1 Å². The molecule has 0 radical (unpaired) electrons. The van der Waals surface area contributed by atoms with Gasteiger partial charge >= 0.3 is 0 Å². The zero-order valence-electron chi connectivity index (χ0n) is 21.5. The van der Waals surface area contributed by atoms with Crippen LogP contribution in [0.4, 0.5) is 0 Å². The van der Waals surface area contributed by atoms with E-state index in [1.807, 2.05) is 7.11 Å². The highest BCUT2D eigenvalue weighted by Gasteiger charge is 2.80. The van der Waals surface area contributed by atoms with Crippen LogP contribution in [0.2, 0.25) is 0 Å². The Morgan fingerprint density at radius 2 is 1.82 bits per heavy atom. The summed E-state index contributed by atoms with van der Waals surface area (Å²) in [5.74, 6) is 3.45. The van der Waals surface area contributed by atoms with E-state index in [9.17, 15) is 0 Å². The molecule has 4 bridgehead atoms. The number of nitrogens with zero attached hydrogens (tertiary/aromatic N) is 1. The van der Waals surface area contributed by atoms with Gasteiger partial charge in [0.05, 0.1) is 7.11 Å². The van der Waals surface area contributed by atoms with Crippen molar-refractivity contribution in [3.63, 3.8) is 0 Å². The SMILES string of the molecule is COc1ccc2c3c1O[C@H]1[C@@]4(OC)CC[C@@]5(C[C@@H]4CC4CCCCCCC4)[C@@H](C2)N(C)CC[C@]315. The van der Waals surface area contributed by atoms with Crippen molar-refractivity contribution < 1.29 is 14.2 Å². The Labute approximate surface area is 205 Å². The molecule has 5 fully saturated rings. The van der Waals surface area contributed by atoms with E-state index >= 15 is 0 Å². The molecular weight excluding hydrogens is 422 g/mol. The maximum Gasteiger partial charge on any atom is 0.165 e. The van der Waals surface area contributed by atoms with Crippen molar-refractivity contribution in [2.24, 2.45) is 17.3 Å². The summed E-state index contributed by atoms with van der Waals surface area (Å²) in [5, 5.41) is 0. The molecule has 1 aromatic rings. The highest BCUT2D eigenvalue weighted by Crippen LogP contribution is 2.77. The van der Waals surface area contributed by atoms with Crippen molar-refractivity contribution in [2.45, 2.75) is 107 Å². The van der Waals surface area contributed by atoms with Gasteiger partial charge in [-0.3, -0.25) is 0 Å². The Hall–Kier alpha value is -1.26. The molecule has 4 nitrogen and oxygen atoms in total. The molecule has 1 aromatic carbocycles. The second-order valence-electron chi connectivity index (χ2n) is 12.7. The van der Waals surface area contributed by atoms with Crippen LogP contribution in [0, 0.1) is 17.3 Å². The van der Waals surface area contributed by atoms with Crippen LogP contribution in [0.15, 0.2) is 12.1 Å². The molecule has 2 spiro atoms. The zero-order valence-corrected chi connectivity index (χ0v) is 21.5. The molecule has 0 amide bonds. The van der Waals surface area contributed by atoms with Gasteiger partial charge in [-0.1, -0.05) is 51.0 Å². The lowest BCUT2D eigenvalue weighted by molar-refractivity contribution is -0.278. The first-order chi connectivity index (χ1) is 16.6. The molecule has 2 aliphatic heterocycles. The van der Waals surface area contributed by atoms with Crippen LogP contribution in [0.1, 0.15) is 88.2 Å². The van der Waals surface area contributed by atoms with Crippen LogP contribution in [-0.2, 0) is 16.6 Å². The Kier molecular flexibility index (Phi) is 4.93. The summed E-state index contributed by atoms with van der Waals surface area (Å²) in [6, 6.07) is 5.12. The van der Waals surface area contributed by atoms with E-state index in [4.69, 9.17) is 14.2 Å². The molecule has 186 valence electrons. The number of likely N-dealkylation sites (N-methyl/N-ethyl adjacent to an activating group) is 1. The van der Waals surface area contributed by atoms with Crippen molar-refractivity contribution in [2.75, 3.05) is 27.8 Å². The number of hydrogen-bond donors (Lipinski definition) is 0. The van der Waals surface area contributed by atoms with E-state index in [0.717, 1.165) is 36.8 Å². The van der Waals surface area contributed by atoms with Gasteiger partial charge in [0.15, 0.2) is 11.5 Å². The van der Waals surface area contributed by atoms with E-state index in [2.05, 4.69) is 24.1 Å². The highest BCUT2D eigenvalue weighted by molar-refractivity contribution is 5.63. The third kappa shape index (κ3) is 2.53. The average molecular weight is 466 g/mol. The summed E-state index contributed by atoms with van der Waals surface area (Å²) in [7, 11) is 6.19. The number of methoxy groups -OCH3 is 2. The van der Waals surface area contributed by atoms with E-state index < -0.39 is 0 Å². The molecular formula is C30H43NO3. The molecule has 4 heteroatoms. The van der Waals surface area contributed by atoms with Crippen LogP contribution in [0.3, 0.4) is 0 Å². The molecule has 34 heavy (non-hydrogen) atoms. The number of likely N-dealkylation sites (tertiary alicyclic amines) is 1. The van der Waals surface area contributed by atoms with Gasteiger partial charge in [-0.25, -0.2) is 0 Å². The van der Waals surface area contributed by atoms with Crippen molar-refractivity contribution in [3.8, 4) is 11.5 Å². The van der Waals surface area contributed by atoms with Gasteiger partial charge in [0.1, 0.15) is 11.7 Å². The van der Waals surface area contributed by atoms with Crippen LogP contribution in [0.25, 0.3) is 0 Å². The van der Waals surface area contributed by atoms with Crippen molar-refractivity contribution >= 4 is 0 Å². The summed E-state index contributed by atoms with van der Waals surface area (Å²) in [5.41, 5.74) is 3.26. The normalized spacial score (nSPS) is 43.1. The van der Waals surface area contributed by atoms with Crippen LogP contribution < -0.4 is 9.47 Å². The lowest BCUT2D eigenvalue weighted by Crippen LogP contribution is -2.80. The molecule has 7 aliphatic rings. The zero-order chi connectivity index (χ0) is 23.1. The van der Waals surface area contributed by atoms with E-state index in [-0.39, 0.29) is 17.1 Å². The molecule has 0 unspecified atom stereocenters. The van der Waals surface area contributed by atoms with Gasteiger partial charge in [-0.05, 0) is 75.6 Å². The number of piperidine rings is 1. The monoisotopic (exact) mass is 465 g/mol. The second kappa shape index (κ2) is 7.62. The molecule has 0 aromatic heterocycles. The predicted octanol–water partition coefficient (Wildman–Crippen LogP) is 5.89. The number of rotatable bonds is 4. The van der Waals surface area contributed by atoms with Crippen LogP contribution in [0.5, 0.6) is 11.5 Å². The molecule has 0 N–H and O–H groups in total. The van der Waals surface area contributed by atoms with Gasteiger partial charge in [0, 0.05) is 29.5 Å². The minimum Gasteiger partial charge on any atom is -0.493 e. The fourth-order valence-corrected chi connectivity index (χ4v) is 10.4. The molecule has 8 rings (SSSR count). The predicted molar refractivity (Wildman–Crippen MR) is 134 cm³/mol. The van der Waals surface area contributed by atoms with Gasteiger partial charge in [-0.15, -0.1) is 0 Å². The van der Waals surface area contributed by atoms with E-state index in [0.29, 0.717) is 17.4 Å². The first-order valence-corrected chi connectivity index (χ1v) is 14.2. The summed E-state index contributed by atoms with van der Waals surface area (Å²) in [6.07, 6.45) is 17.6. The van der Waals surface area contributed by atoms with Crippen molar-refractivity contribution in [3.05, 3.63) is 23.3 Å². The Morgan fingerprint density at radius 3 is 2.59 bits per heavy atom. The van der Waals surface area contributed by atoms with Crippen LogP contribution in [-0.4, -0.2) is 50.5 Å². The summed E-state index contributed by atoms with van der Waals surface area (Å²) < 4.78 is 19.8. The van der Waals surface area contributed by atoms with E-state index in [1.54, 1.807) is 7.11 Å². The smallest absolute Gasteiger partial charge is 0.165 e. The number of fused-ring (bicyclic) bond motifs is 2. The van der Waals surface area contributed by atoms with Gasteiger partial charge in [0.25, 0.3) is 0 Å². The van der Waals surface area contributed by atoms with Gasteiger partial charge in [0.2, 0.25) is 0 Å². The number of hydrogen-bond acceptors (Lipinski definition) is 4. The lowest BCUT2D eigenvalue weighted by atomic mass is 9.34. The molecule has 2 heterocycles. The molecule has 6 atom stereocenters. The minimum absolute atomic E-state index is 0.0906. The highest BCUT2D eigenvalue weighted by atomic mass is 16.6. The Bertz CT molecular complexity index is 970. The quantitative estimate of drug-likeness (QED) is 0.555. The summed E-state index contributed by atoms with van der Waals surface area (Å²) in [4.78, 5) is 2.71. The molecule has 5 aliphatic carbocycles. The molecule has 4 saturated carbocycles. The van der Waals surface area contributed by atoms with Crippen molar-refractivity contribution in [1.82, 2.24) is 4.90 Å². The second-order valence-corrected chi connectivity index (χ2v) is 12.7. The summed E-state index contributed by atoms with van der Waals surface area (Å²) >= 11 is 0. The van der Waals surface area contributed by atoms with Crippen molar-refractivity contribution in [1.29, 1.82) is 0 Å². The third-order valence-electron chi connectivity index (χ3n) is 11.8. The van der Waals surface area contributed by atoms with Gasteiger partial charge in [-0.2, -0.15) is 0 Å². The first kappa shape index (κ1) is 22.0. The minimum atomic E-state index is -0.163. The Morgan fingerprint density at radius 1 is 1.03 bits per heavy atom. The fraction of sp³-hybridized carbons (Fsp3) is 0.800. The summed E-state index contributed by atoms with van der Waals surface area (Å²) in [6.45, 7) is 1.16. The lowest BCUT2D eigenvalue weighted by Gasteiger charge is -2.74. The Balaban J connectivity index is 1.36. The van der Waals surface area contributed by atoms with E-state index in [1.165, 1.54) is 81.8 Å². The topological polar surface area (TPSA) is 30.9 Å². The third-order valence-corrected chi connectivity index (χ3v) is 11.8. The number of benzene rings is 1. The fourth-order valence-electron chi connectivity index (χ4n) is 10.4. The number of ether oxygens (including phenoxy) is 3. The maximum absolute atomic E-state index is 7.15. The largest absolute Gasteiger partial charge is 0.493 e. The maximum atomic E-state index is 7.15. The standard InChI is InChI=1S/C30H43NO3/c1-31-16-15-29-25-21-11-12-23(32-2)26(25)34-27(29)30(33-3)14-13-28(29,24(31)18-21)19-22(30)17-20-9-7-5-4-6-8-10-20/h11-12,20,22,24,27H,4-10,13-19H2,1-3H3/t22-,24+,27+,28+,29-,30+/m0/s1. The average Bonchev–Trinajstić information content (AvgIpc) is 3.20.